The molecule has 1 aliphatic rings. The van der Waals surface area contributed by atoms with Gasteiger partial charge in [0.25, 0.3) is 5.91 Å². The van der Waals surface area contributed by atoms with Gasteiger partial charge in [0, 0.05) is 24.8 Å². The van der Waals surface area contributed by atoms with Crippen molar-refractivity contribution in [3.63, 3.8) is 0 Å². The van der Waals surface area contributed by atoms with Crippen LogP contribution in [-0.4, -0.2) is 26.8 Å². The molecule has 6 heteroatoms. The number of carboxylic acids is 1. The number of hydrogen-bond donors (Lipinski definition) is 2. The number of hydrogen-bond acceptors (Lipinski definition) is 3. The Morgan fingerprint density at radius 1 is 1.20 bits per heavy atom. The first kappa shape index (κ1) is 17.2. The number of carbonyl (C=O) groups is 2. The van der Waals surface area contributed by atoms with Crippen LogP contribution in [0.3, 0.4) is 0 Å². The number of anilines is 1. The average Bonchev–Trinajstić information content (AvgIpc) is 2.99. The molecule has 0 aliphatic heterocycles. The van der Waals surface area contributed by atoms with Crippen LogP contribution in [0.4, 0.5) is 5.69 Å². The summed E-state index contributed by atoms with van der Waals surface area (Å²) < 4.78 is 1.68. The molecule has 1 saturated carbocycles. The van der Waals surface area contributed by atoms with Crippen molar-refractivity contribution < 1.29 is 14.7 Å². The molecular formula is C19H23N3O3. The lowest BCUT2D eigenvalue weighted by Crippen LogP contribution is -2.16. The predicted molar refractivity (Wildman–Crippen MR) is 95.1 cm³/mol. The Balaban J connectivity index is 1.84. The van der Waals surface area contributed by atoms with E-state index in [1.807, 2.05) is 7.05 Å². The fourth-order valence-electron chi connectivity index (χ4n) is 3.49. The van der Waals surface area contributed by atoms with Gasteiger partial charge in [-0.15, -0.1) is 0 Å². The highest BCUT2D eigenvalue weighted by Crippen LogP contribution is 2.33. The first-order chi connectivity index (χ1) is 12.0. The molecule has 0 radical (unpaired) electrons. The summed E-state index contributed by atoms with van der Waals surface area (Å²) in [4.78, 5) is 24.0. The molecule has 0 saturated heterocycles. The van der Waals surface area contributed by atoms with E-state index in [1.165, 1.54) is 25.3 Å². The molecule has 1 fully saturated rings. The van der Waals surface area contributed by atoms with Gasteiger partial charge in [-0.05, 0) is 37.5 Å². The number of aromatic carboxylic acids is 1. The molecule has 25 heavy (non-hydrogen) atoms. The van der Waals surface area contributed by atoms with Crippen LogP contribution in [0.25, 0.3) is 0 Å². The lowest BCUT2D eigenvalue weighted by Gasteiger charge is -2.20. The monoisotopic (exact) mass is 341 g/mol. The maximum absolute atomic E-state index is 12.7. The summed E-state index contributed by atoms with van der Waals surface area (Å²) in [6.07, 6.45) is 7.44. The molecule has 2 aromatic rings. The summed E-state index contributed by atoms with van der Waals surface area (Å²) in [6, 6.07) is 4.91. The van der Waals surface area contributed by atoms with Crippen LogP contribution >= 0.6 is 0 Å². The molecule has 2 N–H and O–H groups in total. The van der Waals surface area contributed by atoms with E-state index in [0.29, 0.717) is 22.7 Å². The summed E-state index contributed by atoms with van der Waals surface area (Å²) in [5, 5.41) is 16.6. The zero-order valence-electron chi connectivity index (χ0n) is 14.6. The third kappa shape index (κ3) is 3.73. The molecular weight excluding hydrogens is 318 g/mol. The van der Waals surface area contributed by atoms with E-state index in [-0.39, 0.29) is 11.5 Å². The minimum atomic E-state index is -1.00. The molecule has 3 rings (SSSR count). The Labute approximate surface area is 146 Å². The van der Waals surface area contributed by atoms with E-state index in [0.717, 1.165) is 18.5 Å². The van der Waals surface area contributed by atoms with Gasteiger partial charge in [-0.3, -0.25) is 9.48 Å². The van der Waals surface area contributed by atoms with Crippen LogP contribution in [0.15, 0.2) is 24.4 Å². The molecule has 0 bridgehead atoms. The molecule has 1 amide bonds. The van der Waals surface area contributed by atoms with Gasteiger partial charge in [0.1, 0.15) is 0 Å². The summed E-state index contributed by atoms with van der Waals surface area (Å²) in [5.74, 6) is -0.921. The third-order valence-electron chi connectivity index (χ3n) is 4.82. The van der Waals surface area contributed by atoms with E-state index in [1.54, 1.807) is 29.9 Å². The highest BCUT2D eigenvalue weighted by molar-refractivity contribution is 6.05. The zero-order chi connectivity index (χ0) is 18.0. The third-order valence-corrected chi connectivity index (χ3v) is 4.82. The number of aryl methyl sites for hydroxylation is 2. The van der Waals surface area contributed by atoms with Gasteiger partial charge in [-0.25, -0.2) is 4.79 Å². The van der Waals surface area contributed by atoms with Gasteiger partial charge in [0.05, 0.1) is 16.8 Å². The smallest absolute Gasteiger partial charge is 0.336 e. The van der Waals surface area contributed by atoms with Crippen LogP contribution in [-0.2, 0) is 7.05 Å². The molecule has 1 aromatic heterocycles. The fraction of sp³-hybridized carbons (Fsp3) is 0.421. The van der Waals surface area contributed by atoms with E-state index in [4.69, 9.17) is 0 Å². The maximum Gasteiger partial charge on any atom is 0.336 e. The van der Waals surface area contributed by atoms with Crippen LogP contribution < -0.4 is 5.32 Å². The molecule has 132 valence electrons. The summed E-state index contributed by atoms with van der Waals surface area (Å²) in [7, 11) is 1.82. The van der Waals surface area contributed by atoms with Crippen molar-refractivity contribution in [2.75, 3.05) is 5.32 Å². The van der Waals surface area contributed by atoms with Crippen molar-refractivity contribution in [1.82, 2.24) is 9.78 Å². The Kier molecular flexibility index (Phi) is 4.88. The second kappa shape index (κ2) is 7.09. The van der Waals surface area contributed by atoms with Crippen molar-refractivity contribution in [3.8, 4) is 0 Å². The Morgan fingerprint density at radius 2 is 1.92 bits per heavy atom. The molecule has 0 unspecified atom stereocenters. The number of benzene rings is 1. The minimum absolute atomic E-state index is 0.191. The first-order valence-electron chi connectivity index (χ1n) is 8.64. The molecule has 0 spiro atoms. The maximum atomic E-state index is 12.7. The van der Waals surface area contributed by atoms with Crippen molar-refractivity contribution in [2.24, 2.45) is 7.05 Å². The van der Waals surface area contributed by atoms with Crippen LogP contribution in [0, 0.1) is 6.92 Å². The number of nitrogens with one attached hydrogen (secondary N) is 1. The number of amides is 1. The quantitative estimate of drug-likeness (QED) is 0.887. The topological polar surface area (TPSA) is 84.2 Å². The lowest BCUT2D eigenvalue weighted by molar-refractivity contribution is 0.0695. The number of aromatic nitrogens is 2. The van der Waals surface area contributed by atoms with Crippen molar-refractivity contribution in [2.45, 2.75) is 44.9 Å². The molecule has 6 nitrogen and oxygen atoms in total. The highest BCUT2D eigenvalue weighted by Gasteiger charge is 2.25. The van der Waals surface area contributed by atoms with E-state index >= 15 is 0 Å². The first-order valence-corrected chi connectivity index (χ1v) is 8.64. The molecule has 0 atom stereocenters. The van der Waals surface area contributed by atoms with Crippen molar-refractivity contribution >= 4 is 17.6 Å². The standard InChI is InChI=1S/C19H23N3O3/c1-12-8-9-14(10-15(12)19(24)25)20-18(23)16-11-22(2)21-17(16)13-6-4-3-5-7-13/h8-11,13H,3-7H2,1-2H3,(H,20,23)(H,24,25). The van der Waals surface area contributed by atoms with Gasteiger partial charge < -0.3 is 10.4 Å². The number of rotatable bonds is 4. The number of carboxylic acid groups (broad SMARTS) is 1. The largest absolute Gasteiger partial charge is 0.478 e. The van der Waals surface area contributed by atoms with Gasteiger partial charge >= 0.3 is 5.97 Å². The Bertz CT molecular complexity index is 804. The predicted octanol–water partition coefficient (Wildman–Crippen LogP) is 3.73. The second-order valence-corrected chi connectivity index (χ2v) is 6.73. The molecule has 1 aliphatic carbocycles. The van der Waals surface area contributed by atoms with Crippen LogP contribution in [0.2, 0.25) is 0 Å². The van der Waals surface area contributed by atoms with Gasteiger partial charge in [-0.1, -0.05) is 25.3 Å². The summed E-state index contributed by atoms with van der Waals surface area (Å²) >= 11 is 0. The second-order valence-electron chi connectivity index (χ2n) is 6.73. The van der Waals surface area contributed by atoms with Crippen molar-refractivity contribution in [3.05, 3.63) is 46.8 Å². The Morgan fingerprint density at radius 3 is 2.60 bits per heavy atom. The number of carbonyl (C=O) groups excluding carboxylic acids is 1. The van der Waals surface area contributed by atoms with E-state index in [2.05, 4.69) is 10.4 Å². The summed E-state index contributed by atoms with van der Waals surface area (Å²) in [6.45, 7) is 1.73. The van der Waals surface area contributed by atoms with Crippen LogP contribution in [0.5, 0.6) is 0 Å². The molecule has 1 heterocycles. The van der Waals surface area contributed by atoms with Gasteiger partial charge in [-0.2, -0.15) is 5.10 Å². The van der Waals surface area contributed by atoms with Gasteiger partial charge in [0.15, 0.2) is 0 Å². The molecule has 1 aromatic carbocycles. The summed E-state index contributed by atoms with van der Waals surface area (Å²) in [5.41, 5.74) is 2.76. The minimum Gasteiger partial charge on any atom is -0.478 e. The fourth-order valence-corrected chi connectivity index (χ4v) is 3.49. The van der Waals surface area contributed by atoms with Crippen LogP contribution in [0.1, 0.15) is 70.0 Å². The van der Waals surface area contributed by atoms with Crippen molar-refractivity contribution in [1.29, 1.82) is 0 Å². The average molecular weight is 341 g/mol. The highest BCUT2D eigenvalue weighted by atomic mass is 16.4. The van der Waals surface area contributed by atoms with E-state index in [9.17, 15) is 14.7 Å². The Hall–Kier alpha value is -2.63. The van der Waals surface area contributed by atoms with E-state index < -0.39 is 5.97 Å². The number of nitrogens with zero attached hydrogens (tertiary/aromatic N) is 2. The SMILES string of the molecule is Cc1ccc(NC(=O)c2cn(C)nc2C2CCCCC2)cc1C(=O)O. The normalized spacial score (nSPS) is 15.1. The lowest BCUT2D eigenvalue weighted by atomic mass is 9.85. The van der Waals surface area contributed by atoms with Gasteiger partial charge in [0.2, 0.25) is 0 Å². The zero-order valence-corrected chi connectivity index (χ0v) is 14.6.